The summed E-state index contributed by atoms with van der Waals surface area (Å²) in [4.78, 5) is 2.39. The molecule has 0 aliphatic carbocycles. The van der Waals surface area contributed by atoms with Gasteiger partial charge >= 0.3 is 0 Å². The van der Waals surface area contributed by atoms with E-state index >= 15 is 0 Å². The van der Waals surface area contributed by atoms with Gasteiger partial charge in [-0.05, 0) is 37.9 Å². The zero-order chi connectivity index (χ0) is 15.1. The van der Waals surface area contributed by atoms with Crippen LogP contribution in [-0.4, -0.2) is 38.7 Å². The number of likely N-dealkylation sites (tertiary alicyclic amines) is 1. The number of sulfonamides is 1. The first-order valence-electron chi connectivity index (χ1n) is 7.89. The Balaban J connectivity index is 2.03. The second kappa shape index (κ2) is 7.92. The number of rotatable bonds is 8. The largest absolute Gasteiger partial charge is 0.295 e. The van der Waals surface area contributed by atoms with Crippen molar-refractivity contribution < 1.29 is 8.42 Å². The van der Waals surface area contributed by atoms with E-state index in [4.69, 9.17) is 0 Å². The Morgan fingerprint density at radius 2 is 1.86 bits per heavy atom. The Bertz CT molecular complexity index is 510. The molecule has 0 amide bonds. The SMILES string of the molecule is CCCCS(=O)(=O)NCC(c1ccccc1)N1CCCC1. The van der Waals surface area contributed by atoms with Crippen LogP contribution in [0.15, 0.2) is 30.3 Å². The molecule has 5 heteroatoms. The van der Waals surface area contributed by atoms with Gasteiger partial charge in [-0.25, -0.2) is 13.1 Å². The third-order valence-electron chi connectivity index (χ3n) is 4.03. The van der Waals surface area contributed by atoms with Gasteiger partial charge in [-0.15, -0.1) is 0 Å². The molecule has 1 saturated heterocycles. The minimum absolute atomic E-state index is 0.144. The lowest BCUT2D eigenvalue weighted by Gasteiger charge is -2.28. The fourth-order valence-electron chi connectivity index (χ4n) is 2.80. The van der Waals surface area contributed by atoms with Crippen molar-refractivity contribution in [1.29, 1.82) is 0 Å². The van der Waals surface area contributed by atoms with Crippen LogP contribution in [0.3, 0.4) is 0 Å². The number of benzene rings is 1. The van der Waals surface area contributed by atoms with Gasteiger partial charge in [0, 0.05) is 12.6 Å². The van der Waals surface area contributed by atoms with E-state index in [0.29, 0.717) is 6.54 Å². The van der Waals surface area contributed by atoms with Crippen LogP contribution in [0.25, 0.3) is 0 Å². The highest BCUT2D eigenvalue weighted by Gasteiger charge is 2.24. The summed E-state index contributed by atoms with van der Waals surface area (Å²) in [6.45, 7) is 4.58. The smallest absolute Gasteiger partial charge is 0.211 e. The number of hydrogen-bond donors (Lipinski definition) is 1. The van der Waals surface area contributed by atoms with Crippen LogP contribution in [0.4, 0.5) is 0 Å². The summed E-state index contributed by atoms with van der Waals surface area (Å²) >= 11 is 0. The molecule has 21 heavy (non-hydrogen) atoms. The Labute approximate surface area is 128 Å². The van der Waals surface area contributed by atoms with E-state index in [1.807, 2.05) is 25.1 Å². The topological polar surface area (TPSA) is 49.4 Å². The van der Waals surface area contributed by atoms with Crippen LogP contribution in [0.2, 0.25) is 0 Å². The molecule has 1 unspecified atom stereocenters. The first kappa shape index (κ1) is 16.5. The zero-order valence-corrected chi connectivity index (χ0v) is 13.6. The number of hydrogen-bond acceptors (Lipinski definition) is 3. The number of nitrogens with zero attached hydrogens (tertiary/aromatic N) is 1. The summed E-state index contributed by atoms with van der Waals surface area (Å²) in [7, 11) is -3.15. The third-order valence-corrected chi connectivity index (χ3v) is 5.46. The van der Waals surface area contributed by atoms with Crippen molar-refractivity contribution in [3.05, 3.63) is 35.9 Å². The predicted molar refractivity (Wildman–Crippen MR) is 86.7 cm³/mol. The van der Waals surface area contributed by atoms with E-state index in [2.05, 4.69) is 21.8 Å². The fourth-order valence-corrected chi connectivity index (χ4v) is 4.02. The van der Waals surface area contributed by atoms with Crippen molar-refractivity contribution in [3.8, 4) is 0 Å². The maximum Gasteiger partial charge on any atom is 0.211 e. The Kier molecular flexibility index (Phi) is 6.21. The number of nitrogens with one attached hydrogen (secondary N) is 1. The van der Waals surface area contributed by atoms with E-state index in [0.717, 1.165) is 25.9 Å². The van der Waals surface area contributed by atoms with Gasteiger partial charge in [-0.2, -0.15) is 0 Å². The molecule has 0 saturated carbocycles. The molecule has 1 aliphatic heterocycles. The van der Waals surface area contributed by atoms with Crippen LogP contribution >= 0.6 is 0 Å². The van der Waals surface area contributed by atoms with Gasteiger partial charge in [0.05, 0.1) is 5.75 Å². The molecule has 2 rings (SSSR count). The van der Waals surface area contributed by atoms with Gasteiger partial charge in [0.25, 0.3) is 0 Å². The molecule has 118 valence electrons. The molecule has 4 nitrogen and oxygen atoms in total. The molecule has 1 atom stereocenters. The second-order valence-electron chi connectivity index (χ2n) is 5.69. The zero-order valence-electron chi connectivity index (χ0n) is 12.8. The summed E-state index contributed by atoms with van der Waals surface area (Å²) in [6, 6.07) is 10.3. The summed E-state index contributed by atoms with van der Waals surface area (Å²) < 4.78 is 26.8. The van der Waals surface area contributed by atoms with Crippen molar-refractivity contribution in [3.63, 3.8) is 0 Å². The van der Waals surface area contributed by atoms with Crippen molar-refractivity contribution in [2.45, 2.75) is 38.6 Å². The lowest BCUT2D eigenvalue weighted by molar-refractivity contribution is 0.246. The highest BCUT2D eigenvalue weighted by molar-refractivity contribution is 7.89. The quantitative estimate of drug-likeness (QED) is 0.803. The lowest BCUT2D eigenvalue weighted by Crippen LogP contribution is -2.37. The standard InChI is InChI=1S/C16H26N2O2S/c1-2-3-13-21(19,20)17-14-16(18-11-7-8-12-18)15-9-5-4-6-10-15/h4-6,9-10,16-17H,2-3,7-8,11-14H2,1H3. The Hall–Kier alpha value is -0.910. The average molecular weight is 310 g/mol. The molecular formula is C16H26N2O2S. The maximum atomic E-state index is 12.0. The molecule has 0 bridgehead atoms. The van der Waals surface area contributed by atoms with Crippen molar-refractivity contribution in [2.24, 2.45) is 0 Å². The monoisotopic (exact) mass is 310 g/mol. The van der Waals surface area contributed by atoms with Crippen LogP contribution in [0, 0.1) is 0 Å². The van der Waals surface area contributed by atoms with Crippen LogP contribution < -0.4 is 4.72 Å². The Morgan fingerprint density at radius 1 is 1.19 bits per heavy atom. The molecule has 1 N–H and O–H groups in total. The summed E-state index contributed by atoms with van der Waals surface area (Å²) in [5, 5.41) is 0. The highest BCUT2D eigenvalue weighted by Crippen LogP contribution is 2.24. The van der Waals surface area contributed by atoms with Gasteiger partial charge in [-0.1, -0.05) is 43.7 Å². The maximum absolute atomic E-state index is 12.0. The molecule has 0 radical (unpaired) electrons. The molecule has 0 spiro atoms. The first-order chi connectivity index (χ1) is 10.1. The van der Waals surface area contributed by atoms with Crippen LogP contribution in [0.1, 0.15) is 44.2 Å². The van der Waals surface area contributed by atoms with Crippen molar-refractivity contribution >= 4 is 10.0 Å². The minimum Gasteiger partial charge on any atom is -0.295 e. The van der Waals surface area contributed by atoms with E-state index < -0.39 is 10.0 Å². The molecule has 1 aromatic rings. The van der Waals surface area contributed by atoms with Crippen molar-refractivity contribution in [1.82, 2.24) is 9.62 Å². The van der Waals surface area contributed by atoms with Crippen LogP contribution in [-0.2, 0) is 10.0 Å². The molecule has 1 heterocycles. The summed E-state index contributed by atoms with van der Waals surface area (Å²) in [5.41, 5.74) is 1.19. The summed E-state index contributed by atoms with van der Waals surface area (Å²) in [5.74, 6) is 0.227. The molecule has 1 aromatic carbocycles. The molecular weight excluding hydrogens is 284 g/mol. The second-order valence-corrected chi connectivity index (χ2v) is 7.62. The third kappa shape index (κ3) is 5.09. The lowest BCUT2D eigenvalue weighted by atomic mass is 10.1. The van der Waals surface area contributed by atoms with E-state index in [1.165, 1.54) is 18.4 Å². The van der Waals surface area contributed by atoms with Gasteiger partial charge in [-0.3, -0.25) is 4.90 Å². The first-order valence-corrected chi connectivity index (χ1v) is 9.54. The van der Waals surface area contributed by atoms with Gasteiger partial charge in [0.2, 0.25) is 10.0 Å². The van der Waals surface area contributed by atoms with Gasteiger partial charge in [0.1, 0.15) is 0 Å². The van der Waals surface area contributed by atoms with Gasteiger partial charge in [0.15, 0.2) is 0 Å². The normalized spacial score (nSPS) is 18.0. The molecule has 1 fully saturated rings. The summed E-state index contributed by atoms with van der Waals surface area (Å²) in [6.07, 6.45) is 4.02. The van der Waals surface area contributed by atoms with Gasteiger partial charge < -0.3 is 0 Å². The average Bonchev–Trinajstić information content (AvgIpc) is 3.01. The molecule has 1 aliphatic rings. The molecule has 0 aromatic heterocycles. The van der Waals surface area contributed by atoms with Crippen molar-refractivity contribution in [2.75, 3.05) is 25.4 Å². The minimum atomic E-state index is -3.15. The van der Waals surface area contributed by atoms with E-state index in [9.17, 15) is 8.42 Å². The predicted octanol–water partition coefficient (Wildman–Crippen LogP) is 2.54. The fraction of sp³-hybridized carbons (Fsp3) is 0.625. The Morgan fingerprint density at radius 3 is 2.48 bits per heavy atom. The highest BCUT2D eigenvalue weighted by atomic mass is 32.2. The van der Waals surface area contributed by atoms with Crippen LogP contribution in [0.5, 0.6) is 0 Å². The van der Waals surface area contributed by atoms with E-state index in [-0.39, 0.29) is 11.8 Å². The number of unbranched alkanes of at least 4 members (excludes halogenated alkanes) is 1. The van der Waals surface area contributed by atoms with E-state index in [1.54, 1.807) is 0 Å².